The van der Waals surface area contributed by atoms with Crippen LogP contribution in [-0.4, -0.2) is 10.8 Å². The lowest BCUT2D eigenvalue weighted by molar-refractivity contribution is -0.384. The maximum atomic E-state index is 12.3. The molecule has 0 bridgehead atoms. The van der Waals surface area contributed by atoms with E-state index in [4.69, 9.17) is 0 Å². The van der Waals surface area contributed by atoms with Crippen LogP contribution in [0.15, 0.2) is 40.9 Å². The van der Waals surface area contributed by atoms with Crippen molar-refractivity contribution < 1.29 is 9.72 Å². The van der Waals surface area contributed by atoms with Gasteiger partial charge in [0.2, 0.25) is 0 Å². The number of amides is 1. The van der Waals surface area contributed by atoms with E-state index in [-0.39, 0.29) is 17.2 Å². The van der Waals surface area contributed by atoms with Crippen molar-refractivity contribution in [1.82, 2.24) is 0 Å². The summed E-state index contributed by atoms with van der Waals surface area (Å²) in [5.74, 6) is -0.371. The van der Waals surface area contributed by atoms with E-state index in [1.165, 1.54) is 12.1 Å². The highest BCUT2D eigenvalue weighted by atomic mass is 127. The quantitative estimate of drug-likeness (QED) is 0.415. The van der Waals surface area contributed by atoms with Gasteiger partial charge in [0.15, 0.2) is 0 Å². The van der Waals surface area contributed by atoms with Gasteiger partial charge in [-0.2, -0.15) is 0 Å². The number of carbonyl (C=O) groups excluding carboxylic acids is 1. The third kappa shape index (κ3) is 3.79. The van der Waals surface area contributed by atoms with E-state index in [9.17, 15) is 14.9 Å². The lowest BCUT2D eigenvalue weighted by Crippen LogP contribution is -2.14. The van der Waals surface area contributed by atoms with Crippen molar-refractivity contribution in [1.29, 1.82) is 0 Å². The second-order valence-electron chi connectivity index (χ2n) is 4.33. The number of aryl methyl sites for hydroxylation is 1. The molecule has 2 aromatic carbocycles. The molecule has 1 N–H and O–H groups in total. The molecule has 0 aliphatic carbocycles. The summed E-state index contributed by atoms with van der Waals surface area (Å²) < 4.78 is 1.50. The van der Waals surface area contributed by atoms with Crippen LogP contribution >= 0.6 is 38.5 Å². The zero-order valence-electron chi connectivity index (χ0n) is 10.9. The van der Waals surface area contributed by atoms with Gasteiger partial charge in [-0.3, -0.25) is 14.9 Å². The molecule has 0 fully saturated rings. The first kappa shape index (κ1) is 15.9. The highest BCUT2D eigenvalue weighted by Gasteiger charge is 2.16. The maximum absolute atomic E-state index is 12.3. The Bertz CT molecular complexity index is 734. The van der Waals surface area contributed by atoms with Crippen LogP contribution in [0, 0.1) is 20.6 Å². The van der Waals surface area contributed by atoms with Gasteiger partial charge in [0.1, 0.15) is 0 Å². The molecular weight excluding hydrogens is 451 g/mol. The molecule has 0 unspecified atom stereocenters. The molecule has 0 saturated heterocycles. The van der Waals surface area contributed by atoms with Gasteiger partial charge >= 0.3 is 0 Å². The van der Waals surface area contributed by atoms with Gasteiger partial charge < -0.3 is 5.32 Å². The summed E-state index contributed by atoms with van der Waals surface area (Å²) >= 11 is 5.33. The summed E-state index contributed by atoms with van der Waals surface area (Å²) in [5, 5.41) is 13.6. The summed E-state index contributed by atoms with van der Waals surface area (Å²) in [5.41, 5.74) is 1.75. The number of non-ortho nitro benzene ring substituents is 1. The van der Waals surface area contributed by atoms with Crippen molar-refractivity contribution in [2.45, 2.75) is 6.92 Å². The Labute approximate surface area is 143 Å². The number of nitro groups is 1. The molecule has 0 aliphatic rings. The van der Waals surface area contributed by atoms with E-state index < -0.39 is 4.92 Å². The number of nitrogens with one attached hydrogen (secondary N) is 1. The third-order valence-electron chi connectivity index (χ3n) is 2.85. The van der Waals surface area contributed by atoms with Gasteiger partial charge in [-0.05, 0) is 53.3 Å². The summed E-state index contributed by atoms with van der Waals surface area (Å²) in [6, 6.07) is 9.76. The van der Waals surface area contributed by atoms with Crippen LogP contribution in [0.3, 0.4) is 0 Å². The van der Waals surface area contributed by atoms with E-state index in [1.807, 2.05) is 41.6 Å². The molecule has 2 aromatic rings. The highest BCUT2D eigenvalue weighted by molar-refractivity contribution is 14.1. The van der Waals surface area contributed by atoms with E-state index in [0.29, 0.717) is 9.26 Å². The van der Waals surface area contributed by atoms with Gasteiger partial charge in [-0.1, -0.05) is 22.0 Å². The average molecular weight is 461 g/mol. The molecule has 2 rings (SSSR count). The number of halogens is 2. The number of rotatable bonds is 3. The summed E-state index contributed by atoms with van der Waals surface area (Å²) in [6.07, 6.45) is 0. The first-order valence-electron chi connectivity index (χ1n) is 5.90. The van der Waals surface area contributed by atoms with Crippen molar-refractivity contribution in [3.8, 4) is 0 Å². The maximum Gasteiger partial charge on any atom is 0.270 e. The predicted molar refractivity (Wildman–Crippen MR) is 92.6 cm³/mol. The van der Waals surface area contributed by atoms with Crippen molar-refractivity contribution in [2.75, 3.05) is 5.32 Å². The fourth-order valence-electron chi connectivity index (χ4n) is 1.72. The van der Waals surface area contributed by atoms with Crippen molar-refractivity contribution in [2.24, 2.45) is 0 Å². The number of carbonyl (C=O) groups is 1. The predicted octanol–water partition coefficient (Wildman–Crippen LogP) is 4.52. The van der Waals surface area contributed by atoms with Gasteiger partial charge in [-0.25, -0.2) is 0 Å². The van der Waals surface area contributed by atoms with Crippen LogP contribution in [0.25, 0.3) is 0 Å². The number of hydrogen-bond acceptors (Lipinski definition) is 3. The second-order valence-corrected chi connectivity index (χ2v) is 6.41. The molecule has 0 aromatic heterocycles. The molecule has 21 heavy (non-hydrogen) atoms. The number of nitrogens with zero attached hydrogens (tertiary/aromatic N) is 1. The lowest BCUT2D eigenvalue weighted by Gasteiger charge is -2.10. The van der Waals surface area contributed by atoms with Gasteiger partial charge in [0.25, 0.3) is 11.6 Å². The number of benzene rings is 2. The monoisotopic (exact) mass is 460 g/mol. The normalized spacial score (nSPS) is 10.2. The minimum Gasteiger partial charge on any atom is -0.322 e. The fraction of sp³-hybridized carbons (Fsp3) is 0.0714. The zero-order chi connectivity index (χ0) is 15.6. The third-order valence-corrected chi connectivity index (χ3v) is 4.29. The molecule has 0 spiro atoms. The van der Waals surface area contributed by atoms with Gasteiger partial charge in [0, 0.05) is 25.9 Å². The Hall–Kier alpha value is -1.48. The Kier molecular flexibility index (Phi) is 4.94. The van der Waals surface area contributed by atoms with Crippen LogP contribution in [0.1, 0.15) is 15.9 Å². The van der Waals surface area contributed by atoms with Crippen LogP contribution in [0.2, 0.25) is 0 Å². The minimum atomic E-state index is -0.517. The van der Waals surface area contributed by atoms with Crippen molar-refractivity contribution in [3.05, 3.63) is 65.7 Å². The van der Waals surface area contributed by atoms with Crippen LogP contribution in [0.4, 0.5) is 11.4 Å². The first-order valence-corrected chi connectivity index (χ1v) is 7.77. The molecule has 7 heteroatoms. The second kappa shape index (κ2) is 6.52. The van der Waals surface area contributed by atoms with E-state index in [1.54, 1.807) is 12.1 Å². The van der Waals surface area contributed by atoms with E-state index in [2.05, 4.69) is 21.2 Å². The number of hydrogen-bond donors (Lipinski definition) is 1. The van der Waals surface area contributed by atoms with Gasteiger partial charge in [-0.15, -0.1) is 0 Å². The molecule has 0 heterocycles. The Balaban J connectivity index is 2.34. The Morgan fingerprint density at radius 3 is 2.67 bits per heavy atom. The zero-order valence-corrected chi connectivity index (χ0v) is 14.6. The van der Waals surface area contributed by atoms with Crippen molar-refractivity contribution in [3.63, 3.8) is 0 Å². The number of anilines is 1. The molecule has 108 valence electrons. The highest BCUT2D eigenvalue weighted by Crippen LogP contribution is 2.24. The molecule has 0 atom stereocenters. The Morgan fingerprint density at radius 1 is 1.29 bits per heavy atom. The largest absolute Gasteiger partial charge is 0.322 e. The first-order chi connectivity index (χ1) is 9.88. The standard InChI is InChI=1S/C14H10BrIN2O3/c1-8-2-3-9(15)6-13(8)17-14(19)11-7-10(18(20)21)4-5-12(11)16/h2-7H,1H3,(H,17,19). The fourth-order valence-corrected chi connectivity index (χ4v) is 2.66. The molecule has 0 aliphatic heterocycles. The number of nitro benzene ring substituents is 1. The SMILES string of the molecule is Cc1ccc(Br)cc1NC(=O)c1cc([N+](=O)[O-])ccc1I. The molecule has 5 nitrogen and oxygen atoms in total. The summed E-state index contributed by atoms with van der Waals surface area (Å²) in [6.45, 7) is 1.88. The molecular formula is C14H10BrIN2O3. The minimum absolute atomic E-state index is 0.105. The lowest BCUT2D eigenvalue weighted by atomic mass is 10.1. The van der Waals surface area contributed by atoms with E-state index in [0.717, 1.165) is 10.0 Å². The van der Waals surface area contributed by atoms with Gasteiger partial charge in [0.05, 0.1) is 10.5 Å². The van der Waals surface area contributed by atoms with Crippen molar-refractivity contribution >= 4 is 55.8 Å². The topological polar surface area (TPSA) is 72.2 Å². The molecule has 0 radical (unpaired) electrons. The Morgan fingerprint density at radius 2 is 2.00 bits per heavy atom. The van der Waals surface area contributed by atoms with Crippen LogP contribution < -0.4 is 5.32 Å². The smallest absolute Gasteiger partial charge is 0.270 e. The van der Waals surface area contributed by atoms with E-state index >= 15 is 0 Å². The summed E-state index contributed by atoms with van der Waals surface area (Å²) in [7, 11) is 0. The molecule has 0 saturated carbocycles. The van der Waals surface area contributed by atoms with Crippen LogP contribution in [-0.2, 0) is 0 Å². The van der Waals surface area contributed by atoms with Crippen LogP contribution in [0.5, 0.6) is 0 Å². The average Bonchev–Trinajstić information content (AvgIpc) is 2.43. The molecule has 1 amide bonds. The summed E-state index contributed by atoms with van der Waals surface area (Å²) in [4.78, 5) is 22.6.